The molecule has 0 saturated heterocycles. The molecule has 0 amide bonds. The molecule has 0 N–H and O–H groups in total. The molecule has 1 aromatic heterocycles. The minimum atomic E-state index is -2.94. The van der Waals surface area contributed by atoms with Crippen LogP contribution in [0.15, 0.2) is 65.5 Å². The van der Waals surface area contributed by atoms with Crippen molar-refractivity contribution in [2.45, 2.75) is 27.1 Å². The number of aryl methyl sites for hydroxylation is 2. The molecule has 0 fully saturated rings. The SMILES string of the molecule is Cc1cc(=O)cc(C)n1/C=C/c1ccc(OC(F)F)c(OCc2ccccc2)c1. The maximum Gasteiger partial charge on any atom is 0.387 e. The van der Waals surface area contributed by atoms with Crippen molar-refractivity contribution in [3.05, 3.63) is 93.4 Å². The summed E-state index contributed by atoms with van der Waals surface area (Å²) in [4.78, 5) is 11.6. The van der Waals surface area contributed by atoms with E-state index >= 15 is 0 Å². The molecule has 0 atom stereocenters. The minimum Gasteiger partial charge on any atom is -0.485 e. The van der Waals surface area contributed by atoms with Crippen molar-refractivity contribution in [3.8, 4) is 11.5 Å². The van der Waals surface area contributed by atoms with E-state index in [0.717, 1.165) is 22.5 Å². The van der Waals surface area contributed by atoms with Crippen molar-refractivity contribution < 1.29 is 18.3 Å². The molecule has 29 heavy (non-hydrogen) atoms. The van der Waals surface area contributed by atoms with Crippen LogP contribution in [0.3, 0.4) is 0 Å². The maximum atomic E-state index is 12.7. The van der Waals surface area contributed by atoms with E-state index in [1.54, 1.807) is 24.3 Å². The van der Waals surface area contributed by atoms with Crippen LogP contribution in [0.1, 0.15) is 22.5 Å². The van der Waals surface area contributed by atoms with Gasteiger partial charge in [0.2, 0.25) is 0 Å². The first-order valence-electron chi connectivity index (χ1n) is 9.06. The molecule has 150 valence electrons. The summed E-state index contributed by atoms with van der Waals surface area (Å²) in [6.07, 6.45) is 3.63. The van der Waals surface area contributed by atoms with Gasteiger partial charge in [0.1, 0.15) is 6.61 Å². The molecular weight excluding hydrogens is 376 g/mol. The van der Waals surface area contributed by atoms with E-state index in [4.69, 9.17) is 4.74 Å². The van der Waals surface area contributed by atoms with Gasteiger partial charge >= 0.3 is 6.61 Å². The van der Waals surface area contributed by atoms with Crippen LogP contribution in [0.5, 0.6) is 11.5 Å². The van der Waals surface area contributed by atoms with Gasteiger partial charge in [-0.2, -0.15) is 8.78 Å². The zero-order chi connectivity index (χ0) is 20.8. The van der Waals surface area contributed by atoms with Crippen LogP contribution in [0.4, 0.5) is 8.78 Å². The highest BCUT2D eigenvalue weighted by molar-refractivity contribution is 5.64. The van der Waals surface area contributed by atoms with Gasteiger partial charge in [0.25, 0.3) is 0 Å². The van der Waals surface area contributed by atoms with Gasteiger partial charge in [-0.3, -0.25) is 4.79 Å². The molecule has 0 spiro atoms. The van der Waals surface area contributed by atoms with Gasteiger partial charge < -0.3 is 14.0 Å². The van der Waals surface area contributed by atoms with Gasteiger partial charge in [-0.1, -0.05) is 36.4 Å². The summed E-state index contributed by atoms with van der Waals surface area (Å²) in [5.74, 6) is 0.202. The predicted molar refractivity (Wildman–Crippen MR) is 109 cm³/mol. The summed E-state index contributed by atoms with van der Waals surface area (Å²) in [5, 5.41) is 0. The van der Waals surface area contributed by atoms with Crippen LogP contribution in [0.25, 0.3) is 12.3 Å². The molecule has 0 saturated carbocycles. The zero-order valence-electron chi connectivity index (χ0n) is 16.1. The third-order valence-corrected chi connectivity index (χ3v) is 4.30. The fraction of sp³-hybridized carbons (Fsp3) is 0.174. The minimum absolute atomic E-state index is 0.0243. The van der Waals surface area contributed by atoms with Crippen LogP contribution < -0.4 is 14.9 Å². The number of aromatic nitrogens is 1. The van der Waals surface area contributed by atoms with Crippen LogP contribution in [0, 0.1) is 13.8 Å². The number of benzene rings is 2. The quantitative estimate of drug-likeness (QED) is 0.545. The number of hydrogen-bond donors (Lipinski definition) is 0. The van der Waals surface area contributed by atoms with E-state index in [-0.39, 0.29) is 23.5 Å². The molecule has 1 heterocycles. The summed E-state index contributed by atoms with van der Waals surface area (Å²) < 4.78 is 37.7. The Labute approximate surface area is 167 Å². The van der Waals surface area contributed by atoms with Gasteiger partial charge in [-0.25, -0.2) is 0 Å². The average molecular weight is 397 g/mol. The smallest absolute Gasteiger partial charge is 0.387 e. The largest absolute Gasteiger partial charge is 0.485 e. The zero-order valence-corrected chi connectivity index (χ0v) is 16.1. The first-order valence-corrected chi connectivity index (χ1v) is 9.06. The van der Waals surface area contributed by atoms with Crippen molar-refractivity contribution in [2.75, 3.05) is 0 Å². The van der Waals surface area contributed by atoms with E-state index < -0.39 is 6.61 Å². The molecule has 4 nitrogen and oxygen atoms in total. The highest BCUT2D eigenvalue weighted by Gasteiger charge is 2.12. The van der Waals surface area contributed by atoms with Crippen LogP contribution in [-0.2, 0) is 6.61 Å². The Bertz CT molecular complexity index is 1030. The van der Waals surface area contributed by atoms with Crippen molar-refractivity contribution in [1.29, 1.82) is 0 Å². The van der Waals surface area contributed by atoms with Crippen molar-refractivity contribution in [3.63, 3.8) is 0 Å². The van der Waals surface area contributed by atoms with E-state index in [2.05, 4.69) is 4.74 Å². The number of pyridine rings is 1. The molecule has 0 aliphatic carbocycles. The number of alkyl halides is 2. The first kappa shape index (κ1) is 20.3. The van der Waals surface area contributed by atoms with E-state index in [0.29, 0.717) is 0 Å². The Morgan fingerprint density at radius 2 is 1.66 bits per heavy atom. The lowest BCUT2D eigenvalue weighted by atomic mass is 10.2. The molecule has 0 aliphatic rings. The second-order valence-corrected chi connectivity index (χ2v) is 6.52. The standard InChI is InChI=1S/C23H21F2NO3/c1-16-12-20(27)13-17(2)26(16)11-10-18-8-9-21(29-23(24)25)22(14-18)28-15-19-6-4-3-5-7-19/h3-14,23H,15H2,1-2H3/b11-10+. The number of hydrogen-bond acceptors (Lipinski definition) is 3. The highest BCUT2D eigenvalue weighted by atomic mass is 19.3. The number of rotatable bonds is 7. The van der Waals surface area contributed by atoms with Crippen LogP contribution >= 0.6 is 0 Å². The lowest BCUT2D eigenvalue weighted by molar-refractivity contribution is -0.0515. The van der Waals surface area contributed by atoms with Crippen molar-refractivity contribution >= 4 is 12.3 Å². The van der Waals surface area contributed by atoms with E-state index in [1.807, 2.05) is 61.0 Å². The molecule has 2 aromatic carbocycles. The fourth-order valence-corrected chi connectivity index (χ4v) is 2.94. The predicted octanol–water partition coefficient (Wildman–Crippen LogP) is 5.27. The molecule has 6 heteroatoms. The maximum absolute atomic E-state index is 12.7. The Kier molecular flexibility index (Phi) is 6.44. The summed E-state index contributed by atoms with van der Waals surface area (Å²) in [7, 11) is 0. The molecule has 0 bridgehead atoms. The molecule has 3 aromatic rings. The van der Waals surface area contributed by atoms with Gasteiger partial charge in [-0.15, -0.1) is 0 Å². The monoisotopic (exact) mass is 397 g/mol. The first-order chi connectivity index (χ1) is 13.9. The third kappa shape index (κ3) is 5.54. The molecule has 3 rings (SSSR count). The number of halogens is 2. The second-order valence-electron chi connectivity index (χ2n) is 6.52. The summed E-state index contributed by atoms with van der Waals surface area (Å²) in [5.41, 5.74) is 3.20. The van der Waals surface area contributed by atoms with Gasteiger partial charge in [0, 0.05) is 29.7 Å². The lowest BCUT2D eigenvalue weighted by Gasteiger charge is -2.13. The summed E-state index contributed by atoms with van der Waals surface area (Å²) >= 11 is 0. The normalized spacial score (nSPS) is 11.2. The van der Waals surface area contributed by atoms with Crippen molar-refractivity contribution in [1.82, 2.24) is 4.57 Å². The summed E-state index contributed by atoms with van der Waals surface area (Å²) in [6, 6.07) is 17.3. The molecule has 0 unspecified atom stereocenters. The topological polar surface area (TPSA) is 40.5 Å². The molecule has 0 radical (unpaired) electrons. The molecule has 0 aliphatic heterocycles. The molecular formula is C23H21F2NO3. The fourth-order valence-electron chi connectivity index (χ4n) is 2.94. The van der Waals surface area contributed by atoms with Crippen molar-refractivity contribution in [2.24, 2.45) is 0 Å². The number of ether oxygens (including phenoxy) is 2. The second kappa shape index (κ2) is 9.19. The van der Waals surface area contributed by atoms with Gasteiger partial charge in [0.15, 0.2) is 16.9 Å². The van der Waals surface area contributed by atoms with Gasteiger partial charge in [0.05, 0.1) is 0 Å². The van der Waals surface area contributed by atoms with E-state index in [9.17, 15) is 13.6 Å². The number of nitrogens with zero attached hydrogens (tertiary/aromatic N) is 1. The van der Waals surface area contributed by atoms with E-state index in [1.165, 1.54) is 6.07 Å². The van der Waals surface area contributed by atoms with Crippen LogP contribution in [0.2, 0.25) is 0 Å². The van der Waals surface area contributed by atoms with Gasteiger partial charge in [-0.05, 0) is 43.2 Å². The Morgan fingerprint density at radius 1 is 0.966 bits per heavy atom. The Balaban J connectivity index is 1.87. The third-order valence-electron chi connectivity index (χ3n) is 4.30. The lowest BCUT2D eigenvalue weighted by Crippen LogP contribution is -2.08. The Hall–Kier alpha value is -3.41. The average Bonchev–Trinajstić information content (AvgIpc) is 2.67. The summed E-state index contributed by atoms with van der Waals surface area (Å²) in [6.45, 7) is 0.965. The Morgan fingerprint density at radius 3 is 2.31 bits per heavy atom. The highest BCUT2D eigenvalue weighted by Crippen LogP contribution is 2.31. The van der Waals surface area contributed by atoms with Crippen LogP contribution in [-0.4, -0.2) is 11.2 Å².